The zero-order valence-electron chi connectivity index (χ0n) is 6.89. The summed E-state index contributed by atoms with van der Waals surface area (Å²) in [4.78, 5) is 0. The first kappa shape index (κ1) is 6.66. The molecule has 0 aromatic carbocycles. The van der Waals surface area contributed by atoms with Crippen LogP contribution >= 0.6 is 0 Å². The van der Waals surface area contributed by atoms with Crippen LogP contribution in [0.4, 0.5) is 0 Å². The van der Waals surface area contributed by atoms with Gasteiger partial charge in [0.25, 0.3) is 0 Å². The summed E-state index contributed by atoms with van der Waals surface area (Å²) >= 11 is 0. The maximum atomic E-state index is 5.41. The van der Waals surface area contributed by atoms with E-state index in [1.807, 2.05) is 7.11 Å². The van der Waals surface area contributed by atoms with Gasteiger partial charge in [0, 0.05) is 7.11 Å². The van der Waals surface area contributed by atoms with Crippen LogP contribution in [0.3, 0.4) is 0 Å². The monoisotopic (exact) mass is 140 g/mol. The summed E-state index contributed by atoms with van der Waals surface area (Å²) in [6, 6.07) is 0. The molecule has 2 fully saturated rings. The lowest BCUT2D eigenvalue weighted by atomic mass is 9.88. The van der Waals surface area contributed by atoms with Gasteiger partial charge in [0.1, 0.15) is 0 Å². The van der Waals surface area contributed by atoms with Gasteiger partial charge >= 0.3 is 0 Å². The average molecular weight is 140 g/mol. The molecule has 2 aliphatic rings. The molecule has 2 aliphatic carbocycles. The quantitative estimate of drug-likeness (QED) is 0.542. The Bertz CT molecular complexity index is 142. The third-order valence-corrected chi connectivity index (χ3v) is 3.41. The van der Waals surface area contributed by atoms with Crippen LogP contribution in [-0.4, -0.2) is 13.2 Å². The van der Waals surface area contributed by atoms with Crippen molar-refractivity contribution in [1.82, 2.24) is 0 Å². The highest BCUT2D eigenvalue weighted by Crippen LogP contribution is 2.61. The maximum absolute atomic E-state index is 5.41. The lowest BCUT2D eigenvalue weighted by Gasteiger charge is -2.24. The summed E-state index contributed by atoms with van der Waals surface area (Å²) in [6.07, 6.45) is 6.14. The zero-order valence-corrected chi connectivity index (χ0v) is 6.89. The highest BCUT2D eigenvalue weighted by atomic mass is 16.5. The summed E-state index contributed by atoms with van der Waals surface area (Å²) in [7, 11) is 1.86. The number of ether oxygens (including phenoxy) is 1. The number of methoxy groups -OCH3 is 1. The van der Waals surface area contributed by atoms with E-state index < -0.39 is 0 Å². The lowest BCUT2D eigenvalue weighted by Crippen LogP contribution is -2.21. The van der Waals surface area contributed by atoms with Crippen LogP contribution < -0.4 is 0 Å². The average Bonchev–Trinajstić information content (AvgIpc) is 2.59. The van der Waals surface area contributed by atoms with Gasteiger partial charge in [-0.25, -0.2) is 0 Å². The summed E-state index contributed by atoms with van der Waals surface area (Å²) < 4.78 is 5.41. The molecule has 0 heterocycles. The molecule has 0 bridgehead atoms. The molecule has 10 heavy (non-hydrogen) atoms. The van der Waals surface area contributed by atoms with Crippen molar-refractivity contribution in [1.29, 1.82) is 0 Å². The summed E-state index contributed by atoms with van der Waals surface area (Å²) in [5, 5.41) is 0. The van der Waals surface area contributed by atoms with Gasteiger partial charge in [-0.1, -0.05) is 13.3 Å². The van der Waals surface area contributed by atoms with E-state index in [9.17, 15) is 0 Å². The molecule has 0 radical (unpaired) electrons. The fourth-order valence-electron chi connectivity index (χ4n) is 2.50. The summed E-state index contributed by atoms with van der Waals surface area (Å²) in [5.74, 6) is 0.909. The fourth-order valence-corrected chi connectivity index (χ4v) is 2.50. The minimum atomic E-state index is 0.596. The third-order valence-electron chi connectivity index (χ3n) is 3.41. The molecule has 2 rings (SSSR count). The summed E-state index contributed by atoms with van der Waals surface area (Å²) in [6.45, 7) is 2.41. The molecule has 0 N–H and O–H groups in total. The SMILES string of the molecule is CO[C@H]1CCC[C@]2(C)C[C@@H]12. The second-order valence-electron chi connectivity index (χ2n) is 4.13. The van der Waals surface area contributed by atoms with E-state index in [0.29, 0.717) is 11.5 Å². The first-order valence-corrected chi connectivity index (χ1v) is 4.29. The topological polar surface area (TPSA) is 9.23 Å². The van der Waals surface area contributed by atoms with Gasteiger partial charge in [0.05, 0.1) is 6.10 Å². The molecule has 1 heteroatoms. The van der Waals surface area contributed by atoms with Crippen molar-refractivity contribution >= 4 is 0 Å². The minimum Gasteiger partial charge on any atom is -0.381 e. The van der Waals surface area contributed by atoms with Crippen LogP contribution in [-0.2, 0) is 4.74 Å². The molecule has 3 atom stereocenters. The second-order valence-corrected chi connectivity index (χ2v) is 4.13. The van der Waals surface area contributed by atoms with Crippen LogP contribution in [0.2, 0.25) is 0 Å². The van der Waals surface area contributed by atoms with E-state index >= 15 is 0 Å². The predicted octanol–water partition coefficient (Wildman–Crippen LogP) is 2.21. The van der Waals surface area contributed by atoms with Gasteiger partial charge < -0.3 is 4.74 Å². The second kappa shape index (κ2) is 1.97. The largest absolute Gasteiger partial charge is 0.381 e. The first-order valence-electron chi connectivity index (χ1n) is 4.29. The fraction of sp³-hybridized carbons (Fsp3) is 1.00. The Labute approximate surface area is 62.8 Å². The standard InChI is InChI=1S/C9H16O/c1-9-5-3-4-8(10-2)7(9)6-9/h7-8H,3-6H2,1-2H3/t7-,8-,9+/m0/s1. The Kier molecular flexibility index (Phi) is 1.31. The first-order chi connectivity index (χ1) is 4.76. The van der Waals surface area contributed by atoms with E-state index in [2.05, 4.69) is 6.92 Å². The molecule has 1 nitrogen and oxygen atoms in total. The Hall–Kier alpha value is -0.0400. The molecular weight excluding hydrogens is 124 g/mol. The molecule has 0 aromatic heterocycles. The van der Waals surface area contributed by atoms with E-state index in [1.54, 1.807) is 0 Å². The Morgan fingerprint density at radius 2 is 2.30 bits per heavy atom. The van der Waals surface area contributed by atoms with Crippen LogP contribution in [0, 0.1) is 11.3 Å². The number of rotatable bonds is 1. The Balaban J connectivity index is 2.02. The smallest absolute Gasteiger partial charge is 0.0604 e. The normalized spacial score (nSPS) is 52.2. The highest BCUT2D eigenvalue weighted by molar-refractivity contribution is 5.05. The Morgan fingerprint density at radius 1 is 1.50 bits per heavy atom. The number of hydrogen-bond acceptors (Lipinski definition) is 1. The third kappa shape index (κ3) is 0.800. The van der Waals surface area contributed by atoms with Gasteiger partial charge in [-0.3, -0.25) is 0 Å². The van der Waals surface area contributed by atoms with Crippen LogP contribution in [0.1, 0.15) is 32.6 Å². The number of hydrogen-bond donors (Lipinski definition) is 0. The van der Waals surface area contributed by atoms with Crippen molar-refractivity contribution in [3.05, 3.63) is 0 Å². The van der Waals surface area contributed by atoms with Crippen LogP contribution in [0.15, 0.2) is 0 Å². The molecule has 0 amide bonds. The van der Waals surface area contributed by atoms with Gasteiger partial charge in [0.2, 0.25) is 0 Å². The molecule has 0 aromatic rings. The molecular formula is C9H16O. The molecule has 0 unspecified atom stereocenters. The molecule has 58 valence electrons. The predicted molar refractivity (Wildman–Crippen MR) is 40.9 cm³/mol. The zero-order chi connectivity index (χ0) is 7.19. The van der Waals surface area contributed by atoms with Crippen molar-refractivity contribution in [3.63, 3.8) is 0 Å². The van der Waals surface area contributed by atoms with Crippen molar-refractivity contribution in [2.45, 2.75) is 38.7 Å². The number of fused-ring (bicyclic) bond motifs is 1. The lowest BCUT2D eigenvalue weighted by molar-refractivity contribution is 0.0466. The van der Waals surface area contributed by atoms with Gasteiger partial charge in [-0.2, -0.15) is 0 Å². The van der Waals surface area contributed by atoms with Crippen molar-refractivity contribution in [2.24, 2.45) is 11.3 Å². The van der Waals surface area contributed by atoms with Gasteiger partial charge in [-0.05, 0) is 30.6 Å². The summed E-state index contributed by atoms with van der Waals surface area (Å²) in [5.41, 5.74) is 0.693. The van der Waals surface area contributed by atoms with E-state index in [1.165, 1.54) is 25.7 Å². The minimum absolute atomic E-state index is 0.596. The van der Waals surface area contributed by atoms with Crippen molar-refractivity contribution in [3.8, 4) is 0 Å². The van der Waals surface area contributed by atoms with Gasteiger partial charge in [-0.15, -0.1) is 0 Å². The maximum Gasteiger partial charge on any atom is 0.0604 e. The van der Waals surface area contributed by atoms with Crippen molar-refractivity contribution < 1.29 is 4.74 Å². The Morgan fingerprint density at radius 3 is 2.90 bits per heavy atom. The molecule has 0 saturated heterocycles. The molecule has 0 spiro atoms. The van der Waals surface area contributed by atoms with E-state index in [-0.39, 0.29) is 0 Å². The van der Waals surface area contributed by atoms with Crippen molar-refractivity contribution in [2.75, 3.05) is 7.11 Å². The van der Waals surface area contributed by atoms with Gasteiger partial charge in [0.15, 0.2) is 0 Å². The molecule has 2 saturated carbocycles. The van der Waals surface area contributed by atoms with E-state index in [4.69, 9.17) is 4.74 Å². The van der Waals surface area contributed by atoms with Crippen LogP contribution in [0.5, 0.6) is 0 Å². The van der Waals surface area contributed by atoms with Crippen LogP contribution in [0.25, 0.3) is 0 Å². The highest BCUT2D eigenvalue weighted by Gasteiger charge is 2.55. The molecule has 0 aliphatic heterocycles. The van der Waals surface area contributed by atoms with E-state index in [0.717, 1.165) is 5.92 Å².